The molecule has 0 fully saturated rings. The van der Waals surface area contributed by atoms with Crippen LogP contribution in [-0.2, 0) is 5.41 Å². The molecular weight excluding hydrogens is 332 g/mol. The first-order valence-electron chi connectivity index (χ1n) is 10.3. The van der Waals surface area contributed by atoms with Gasteiger partial charge in [-0.05, 0) is 59.1 Å². The van der Waals surface area contributed by atoms with Crippen LogP contribution in [0.2, 0.25) is 0 Å². The molecular formula is C25H36O2. The monoisotopic (exact) mass is 368 g/mol. The standard InChI is InChI=1S/C25H36O2/c1-7-8-24(19(2)3)20-9-13-22(14-10-20)26-17-18-27-23-15-11-21(12-16-23)25(4,5)6/h9-16,19,24H,7-8,17-18H2,1-6H3. The Labute approximate surface area is 165 Å². The molecule has 0 heterocycles. The van der Waals surface area contributed by atoms with E-state index in [0.29, 0.717) is 25.0 Å². The van der Waals surface area contributed by atoms with Crippen LogP contribution in [0.25, 0.3) is 0 Å². The number of hydrogen-bond acceptors (Lipinski definition) is 2. The largest absolute Gasteiger partial charge is 0.490 e. The summed E-state index contributed by atoms with van der Waals surface area (Å²) in [4.78, 5) is 0. The van der Waals surface area contributed by atoms with Crippen molar-refractivity contribution in [1.82, 2.24) is 0 Å². The summed E-state index contributed by atoms with van der Waals surface area (Å²) in [5.74, 6) is 3.09. The minimum Gasteiger partial charge on any atom is -0.490 e. The van der Waals surface area contributed by atoms with E-state index < -0.39 is 0 Å². The van der Waals surface area contributed by atoms with Crippen molar-refractivity contribution in [2.24, 2.45) is 5.92 Å². The van der Waals surface area contributed by atoms with Crippen LogP contribution >= 0.6 is 0 Å². The van der Waals surface area contributed by atoms with E-state index in [1.54, 1.807) is 0 Å². The zero-order chi connectivity index (χ0) is 19.9. The van der Waals surface area contributed by atoms with Gasteiger partial charge in [0, 0.05) is 0 Å². The first-order chi connectivity index (χ1) is 12.8. The maximum atomic E-state index is 5.84. The molecule has 0 N–H and O–H groups in total. The summed E-state index contributed by atoms with van der Waals surface area (Å²) in [6.45, 7) is 14.6. The van der Waals surface area contributed by atoms with E-state index >= 15 is 0 Å². The van der Waals surface area contributed by atoms with Gasteiger partial charge in [-0.15, -0.1) is 0 Å². The van der Waals surface area contributed by atoms with Crippen LogP contribution in [0.15, 0.2) is 48.5 Å². The first-order valence-corrected chi connectivity index (χ1v) is 10.3. The van der Waals surface area contributed by atoms with Gasteiger partial charge in [0.2, 0.25) is 0 Å². The van der Waals surface area contributed by atoms with Gasteiger partial charge in [-0.2, -0.15) is 0 Å². The number of rotatable bonds is 9. The van der Waals surface area contributed by atoms with Gasteiger partial charge >= 0.3 is 0 Å². The molecule has 2 heteroatoms. The van der Waals surface area contributed by atoms with Crippen molar-refractivity contribution >= 4 is 0 Å². The Morgan fingerprint density at radius 3 is 1.67 bits per heavy atom. The van der Waals surface area contributed by atoms with E-state index in [2.05, 4.69) is 77.9 Å². The normalized spacial score (nSPS) is 12.9. The highest BCUT2D eigenvalue weighted by atomic mass is 16.5. The van der Waals surface area contributed by atoms with E-state index in [4.69, 9.17) is 9.47 Å². The molecule has 2 rings (SSSR count). The van der Waals surface area contributed by atoms with Crippen LogP contribution in [-0.4, -0.2) is 13.2 Å². The number of hydrogen-bond donors (Lipinski definition) is 0. The minimum atomic E-state index is 0.166. The topological polar surface area (TPSA) is 18.5 Å². The van der Waals surface area contributed by atoms with Gasteiger partial charge < -0.3 is 9.47 Å². The van der Waals surface area contributed by atoms with Crippen molar-refractivity contribution in [1.29, 1.82) is 0 Å². The SMILES string of the molecule is CCCC(c1ccc(OCCOc2ccc(C(C)(C)C)cc2)cc1)C(C)C. The predicted molar refractivity (Wildman–Crippen MR) is 115 cm³/mol. The van der Waals surface area contributed by atoms with Crippen molar-refractivity contribution in [3.05, 3.63) is 59.7 Å². The Balaban J connectivity index is 1.80. The molecule has 0 bridgehead atoms. The second-order valence-electron chi connectivity index (χ2n) is 8.68. The Morgan fingerprint density at radius 2 is 1.26 bits per heavy atom. The molecule has 2 aromatic rings. The first kappa shape index (κ1) is 21.3. The highest BCUT2D eigenvalue weighted by molar-refractivity contribution is 5.31. The van der Waals surface area contributed by atoms with Crippen LogP contribution in [0, 0.1) is 5.92 Å². The van der Waals surface area contributed by atoms with Gasteiger partial charge in [0.1, 0.15) is 24.7 Å². The molecule has 148 valence electrons. The molecule has 1 unspecified atom stereocenters. The van der Waals surface area contributed by atoms with E-state index in [0.717, 1.165) is 11.5 Å². The molecule has 0 radical (unpaired) electrons. The molecule has 0 aliphatic heterocycles. The summed E-state index contributed by atoms with van der Waals surface area (Å²) in [6.07, 6.45) is 2.45. The van der Waals surface area contributed by atoms with Crippen LogP contribution in [0.1, 0.15) is 71.4 Å². The zero-order valence-corrected chi connectivity index (χ0v) is 17.9. The molecule has 1 atom stereocenters. The molecule has 0 amide bonds. The van der Waals surface area contributed by atoms with Crippen LogP contribution in [0.4, 0.5) is 0 Å². The second-order valence-corrected chi connectivity index (χ2v) is 8.68. The van der Waals surface area contributed by atoms with Crippen LogP contribution < -0.4 is 9.47 Å². The van der Waals surface area contributed by atoms with E-state index in [1.807, 2.05) is 12.1 Å². The van der Waals surface area contributed by atoms with Gasteiger partial charge in [-0.25, -0.2) is 0 Å². The lowest BCUT2D eigenvalue weighted by Gasteiger charge is -2.21. The molecule has 2 nitrogen and oxygen atoms in total. The van der Waals surface area contributed by atoms with Crippen LogP contribution in [0.3, 0.4) is 0 Å². The molecule has 0 aromatic heterocycles. The van der Waals surface area contributed by atoms with Gasteiger partial charge in [-0.3, -0.25) is 0 Å². The molecule has 27 heavy (non-hydrogen) atoms. The van der Waals surface area contributed by atoms with Crippen molar-refractivity contribution in [2.45, 2.75) is 65.7 Å². The zero-order valence-electron chi connectivity index (χ0n) is 17.9. The van der Waals surface area contributed by atoms with Crippen molar-refractivity contribution < 1.29 is 9.47 Å². The minimum absolute atomic E-state index is 0.166. The third-order valence-electron chi connectivity index (χ3n) is 5.05. The maximum absolute atomic E-state index is 5.84. The average Bonchev–Trinajstić information content (AvgIpc) is 2.63. The molecule has 0 saturated heterocycles. The van der Waals surface area contributed by atoms with Crippen LogP contribution in [0.5, 0.6) is 11.5 Å². The fraction of sp³-hybridized carbons (Fsp3) is 0.520. The molecule has 0 aliphatic rings. The maximum Gasteiger partial charge on any atom is 0.122 e. The van der Waals surface area contributed by atoms with Crippen molar-refractivity contribution in [3.8, 4) is 11.5 Å². The predicted octanol–water partition coefficient (Wildman–Crippen LogP) is 6.98. The Kier molecular flexibility index (Phi) is 7.77. The fourth-order valence-electron chi connectivity index (χ4n) is 3.38. The second kappa shape index (κ2) is 9.82. The third kappa shape index (κ3) is 6.61. The Bertz CT molecular complexity index is 663. The lowest BCUT2D eigenvalue weighted by atomic mass is 9.85. The summed E-state index contributed by atoms with van der Waals surface area (Å²) >= 11 is 0. The molecule has 0 aliphatic carbocycles. The number of benzene rings is 2. The quantitative estimate of drug-likeness (QED) is 0.444. The summed E-state index contributed by atoms with van der Waals surface area (Å²) in [5, 5.41) is 0. The Hall–Kier alpha value is -1.96. The molecule has 0 spiro atoms. The number of ether oxygens (including phenoxy) is 2. The average molecular weight is 369 g/mol. The van der Waals surface area contributed by atoms with E-state index in [1.165, 1.54) is 24.0 Å². The molecule has 2 aromatic carbocycles. The van der Waals surface area contributed by atoms with Gasteiger partial charge in [0.25, 0.3) is 0 Å². The smallest absolute Gasteiger partial charge is 0.122 e. The highest BCUT2D eigenvalue weighted by Crippen LogP contribution is 2.30. The summed E-state index contributed by atoms with van der Waals surface area (Å²) in [7, 11) is 0. The van der Waals surface area contributed by atoms with Crippen molar-refractivity contribution in [3.63, 3.8) is 0 Å². The van der Waals surface area contributed by atoms with Gasteiger partial charge in [-0.1, -0.05) is 72.2 Å². The fourth-order valence-corrected chi connectivity index (χ4v) is 3.38. The van der Waals surface area contributed by atoms with Gasteiger partial charge in [0.15, 0.2) is 0 Å². The highest BCUT2D eigenvalue weighted by Gasteiger charge is 2.15. The van der Waals surface area contributed by atoms with E-state index in [-0.39, 0.29) is 5.41 Å². The lowest BCUT2D eigenvalue weighted by Crippen LogP contribution is -2.11. The molecule has 0 saturated carbocycles. The lowest BCUT2D eigenvalue weighted by molar-refractivity contribution is 0.217. The summed E-state index contributed by atoms with van der Waals surface area (Å²) in [6, 6.07) is 16.9. The van der Waals surface area contributed by atoms with Crippen molar-refractivity contribution in [2.75, 3.05) is 13.2 Å². The van der Waals surface area contributed by atoms with E-state index in [9.17, 15) is 0 Å². The van der Waals surface area contributed by atoms with Gasteiger partial charge in [0.05, 0.1) is 0 Å². The summed E-state index contributed by atoms with van der Waals surface area (Å²) < 4.78 is 11.6. The third-order valence-corrected chi connectivity index (χ3v) is 5.05. The Morgan fingerprint density at radius 1 is 0.778 bits per heavy atom. The summed E-state index contributed by atoms with van der Waals surface area (Å²) in [5.41, 5.74) is 2.89.